The highest BCUT2D eigenvalue weighted by Crippen LogP contribution is 2.13. The lowest BCUT2D eigenvalue weighted by atomic mass is 10.1. The fourth-order valence-electron chi connectivity index (χ4n) is 1.03. The minimum Gasteiger partial charge on any atom is -0.461 e. The second-order valence-electron chi connectivity index (χ2n) is 3.47. The molecular weight excluding hydrogens is 220 g/mol. The minimum atomic E-state index is -0.584. The molecule has 2 unspecified atom stereocenters. The summed E-state index contributed by atoms with van der Waals surface area (Å²) in [7, 11) is 1.47. The normalized spacial score (nSPS) is 22.3. The molecule has 1 rings (SSSR count). The van der Waals surface area contributed by atoms with Crippen molar-refractivity contribution in [1.29, 1.82) is 0 Å². The van der Waals surface area contributed by atoms with Gasteiger partial charge in [0.15, 0.2) is 6.10 Å². The molecule has 1 fully saturated rings. The molecule has 0 aromatic rings. The SMILES string of the molecule is COC(C/C(C)=C/Cl)C(=O)OCC1CO1. The molecule has 4 nitrogen and oxygen atoms in total. The lowest BCUT2D eigenvalue weighted by Crippen LogP contribution is -2.27. The van der Waals surface area contributed by atoms with Crippen molar-refractivity contribution in [3.63, 3.8) is 0 Å². The first-order valence-corrected chi connectivity index (χ1v) is 5.18. The van der Waals surface area contributed by atoms with Gasteiger partial charge < -0.3 is 14.2 Å². The van der Waals surface area contributed by atoms with Gasteiger partial charge in [0, 0.05) is 19.1 Å². The Bertz CT molecular complexity index is 248. The number of hydrogen-bond donors (Lipinski definition) is 0. The summed E-state index contributed by atoms with van der Waals surface area (Å²) >= 11 is 5.51. The van der Waals surface area contributed by atoms with E-state index in [2.05, 4.69) is 0 Å². The van der Waals surface area contributed by atoms with E-state index in [1.165, 1.54) is 12.6 Å². The fourth-order valence-corrected chi connectivity index (χ4v) is 1.12. The highest BCUT2D eigenvalue weighted by molar-refractivity contribution is 6.25. The molecule has 0 spiro atoms. The first-order valence-electron chi connectivity index (χ1n) is 4.74. The summed E-state index contributed by atoms with van der Waals surface area (Å²) in [5.74, 6) is -0.370. The molecule has 0 bridgehead atoms. The van der Waals surface area contributed by atoms with Gasteiger partial charge in [-0.25, -0.2) is 4.79 Å². The zero-order valence-electron chi connectivity index (χ0n) is 8.86. The first kappa shape index (κ1) is 12.5. The van der Waals surface area contributed by atoms with Gasteiger partial charge >= 0.3 is 5.97 Å². The Morgan fingerprint density at radius 2 is 2.40 bits per heavy atom. The van der Waals surface area contributed by atoms with Gasteiger partial charge in [-0.05, 0) is 6.92 Å². The van der Waals surface area contributed by atoms with E-state index < -0.39 is 6.10 Å². The fraction of sp³-hybridized carbons (Fsp3) is 0.700. The van der Waals surface area contributed by atoms with Crippen molar-refractivity contribution in [2.45, 2.75) is 25.6 Å². The van der Waals surface area contributed by atoms with Gasteiger partial charge in [-0.2, -0.15) is 0 Å². The van der Waals surface area contributed by atoms with Gasteiger partial charge in [-0.15, -0.1) is 0 Å². The number of hydrogen-bond acceptors (Lipinski definition) is 4. The summed E-state index contributed by atoms with van der Waals surface area (Å²) in [5, 5.41) is 0. The molecule has 0 N–H and O–H groups in total. The number of carbonyl (C=O) groups excluding carboxylic acids is 1. The molecule has 0 amide bonds. The van der Waals surface area contributed by atoms with E-state index in [1.54, 1.807) is 0 Å². The van der Waals surface area contributed by atoms with Crippen LogP contribution in [0.3, 0.4) is 0 Å². The van der Waals surface area contributed by atoms with Crippen LogP contribution in [-0.2, 0) is 19.0 Å². The second-order valence-corrected chi connectivity index (χ2v) is 3.69. The molecular formula is C10H15ClO4. The molecule has 0 radical (unpaired) electrons. The predicted molar refractivity (Wildman–Crippen MR) is 55.7 cm³/mol. The van der Waals surface area contributed by atoms with Gasteiger partial charge in [-0.1, -0.05) is 17.2 Å². The van der Waals surface area contributed by atoms with E-state index in [0.29, 0.717) is 19.6 Å². The van der Waals surface area contributed by atoms with Crippen molar-refractivity contribution in [3.8, 4) is 0 Å². The predicted octanol–water partition coefficient (Wildman–Crippen LogP) is 1.48. The largest absolute Gasteiger partial charge is 0.461 e. The number of halogens is 1. The molecule has 1 saturated heterocycles. The Kier molecular flexibility index (Phi) is 5.08. The van der Waals surface area contributed by atoms with Crippen LogP contribution in [0.2, 0.25) is 0 Å². The van der Waals surface area contributed by atoms with Crippen molar-refractivity contribution < 1.29 is 19.0 Å². The third-order valence-corrected chi connectivity index (χ3v) is 2.43. The maximum Gasteiger partial charge on any atom is 0.335 e. The topological polar surface area (TPSA) is 48.1 Å². The van der Waals surface area contributed by atoms with Gasteiger partial charge in [0.1, 0.15) is 12.7 Å². The molecule has 5 heteroatoms. The Labute approximate surface area is 94.1 Å². The molecule has 0 saturated carbocycles. The average molecular weight is 235 g/mol. The molecule has 2 atom stereocenters. The Morgan fingerprint density at radius 1 is 1.73 bits per heavy atom. The van der Waals surface area contributed by atoms with Crippen LogP contribution in [0.4, 0.5) is 0 Å². The van der Waals surface area contributed by atoms with E-state index in [4.69, 9.17) is 25.8 Å². The maximum absolute atomic E-state index is 11.5. The van der Waals surface area contributed by atoms with Crippen LogP contribution in [-0.4, -0.2) is 38.5 Å². The van der Waals surface area contributed by atoms with E-state index in [1.807, 2.05) is 6.92 Å². The monoisotopic (exact) mass is 234 g/mol. The zero-order valence-corrected chi connectivity index (χ0v) is 9.62. The van der Waals surface area contributed by atoms with Gasteiger partial charge in [0.2, 0.25) is 0 Å². The number of ether oxygens (including phenoxy) is 3. The Hall–Kier alpha value is -0.580. The van der Waals surface area contributed by atoms with Crippen molar-refractivity contribution in [1.82, 2.24) is 0 Å². The van der Waals surface area contributed by atoms with Crippen molar-refractivity contribution >= 4 is 17.6 Å². The van der Waals surface area contributed by atoms with Crippen LogP contribution >= 0.6 is 11.6 Å². The minimum absolute atomic E-state index is 0.0797. The highest BCUT2D eigenvalue weighted by Gasteiger charge is 2.27. The summed E-state index contributed by atoms with van der Waals surface area (Å²) in [6.07, 6.45) is -0.0560. The van der Waals surface area contributed by atoms with Crippen molar-refractivity contribution in [3.05, 3.63) is 11.1 Å². The molecule has 0 aromatic carbocycles. The average Bonchev–Trinajstić information content (AvgIpc) is 3.05. The van der Waals surface area contributed by atoms with Crippen LogP contribution < -0.4 is 0 Å². The van der Waals surface area contributed by atoms with Gasteiger partial charge in [0.25, 0.3) is 0 Å². The molecule has 15 heavy (non-hydrogen) atoms. The number of esters is 1. The molecule has 1 aliphatic heterocycles. The lowest BCUT2D eigenvalue weighted by molar-refractivity contribution is -0.155. The van der Waals surface area contributed by atoms with Crippen molar-refractivity contribution in [2.75, 3.05) is 20.3 Å². The third kappa shape index (κ3) is 4.64. The highest BCUT2D eigenvalue weighted by atomic mass is 35.5. The summed E-state index contributed by atoms with van der Waals surface area (Å²) in [6.45, 7) is 2.81. The third-order valence-electron chi connectivity index (χ3n) is 2.05. The second kappa shape index (κ2) is 6.10. The van der Waals surface area contributed by atoms with Crippen LogP contribution in [0.15, 0.2) is 11.1 Å². The molecule has 0 aliphatic carbocycles. The summed E-state index contributed by atoms with van der Waals surface area (Å²) in [4.78, 5) is 11.5. The summed E-state index contributed by atoms with van der Waals surface area (Å²) in [6, 6.07) is 0. The molecule has 0 aromatic heterocycles. The number of epoxide rings is 1. The van der Waals surface area contributed by atoms with E-state index in [-0.39, 0.29) is 12.1 Å². The zero-order chi connectivity index (χ0) is 11.3. The van der Waals surface area contributed by atoms with Crippen molar-refractivity contribution in [2.24, 2.45) is 0 Å². The number of rotatable bonds is 6. The summed E-state index contributed by atoms with van der Waals surface area (Å²) < 4.78 is 15.0. The summed E-state index contributed by atoms with van der Waals surface area (Å²) in [5.41, 5.74) is 2.31. The first-order chi connectivity index (χ1) is 7.17. The molecule has 1 heterocycles. The number of carbonyl (C=O) groups is 1. The lowest BCUT2D eigenvalue weighted by Gasteiger charge is -2.13. The van der Waals surface area contributed by atoms with E-state index >= 15 is 0 Å². The Balaban J connectivity index is 2.31. The molecule has 86 valence electrons. The molecule has 1 aliphatic rings. The maximum atomic E-state index is 11.5. The van der Waals surface area contributed by atoms with Crippen LogP contribution in [0, 0.1) is 0 Å². The van der Waals surface area contributed by atoms with Gasteiger partial charge in [-0.3, -0.25) is 0 Å². The van der Waals surface area contributed by atoms with Gasteiger partial charge in [0.05, 0.1) is 6.61 Å². The number of methoxy groups -OCH3 is 1. The van der Waals surface area contributed by atoms with Crippen LogP contribution in [0.25, 0.3) is 0 Å². The van der Waals surface area contributed by atoms with Crippen LogP contribution in [0.1, 0.15) is 13.3 Å². The quantitative estimate of drug-likeness (QED) is 0.516. The Morgan fingerprint density at radius 3 is 2.87 bits per heavy atom. The van der Waals surface area contributed by atoms with Crippen LogP contribution in [0.5, 0.6) is 0 Å². The van der Waals surface area contributed by atoms with E-state index in [9.17, 15) is 4.79 Å². The smallest absolute Gasteiger partial charge is 0.335 e. The standard InChI is InChI=1S/C10H15ClO4/c1-7(4-11)3-9(13-2)10(12)15-6-8-5-14-8/h4,8-9H,3,5-6H2,1-2H3/b7-4+. The van der Waals surface area contributed by atoms with E-state index in [0.717, 1.165) is 5.57 Å².